The van der Waals surface area contributed by atoms with Crippen LogP contribution in [-0.4, -0.2) is 51.9 Å². The molecule has 0 spiro atoms. The number of sulfonamides is 1. The highest BCUT2D eigenvalue weighted by molar-refractivity contribution is 7.92. The lowest BCUT2D eigenvalue weighted by molar-refractivity contribution is -0.137. The molecular formula is C24H21F3N4O8S2. The zero-order chi connectivity index (χ0) is 30.1. The second-order valence-electron chi connectivity index (χ2n) is 8.67. The van der Waals surface area contributed by atoms with Gasteiger partial charge in [0.05, 0.1) is 29.1 Å². The van der Waals surface area contributed by atoms with E-state index < -0.39 is 69.0 Å². The molecular weight excluding hydrogens is 593 g/mol. The fourth-order valence-corrected chi connectivity index (χ4v) is 6.08. The molecule has 0 saturated carbocycles. The van der Waals surface area contributed by atoms with E-state index in [0.717, 1.165) is 18.2 Å². The predicted octanol–water partition coefficient (Wildman–Crippen LogP) is 4.02. The van der Waals surface area contributed by atoms with Crippen molar-refractivity contribution in [2.75, 3.05) is 20.5 Å². The maximum Gasteiger partial charge on any atom is 0.416 e. The number of carbonyl (C=O) groups excluding carboxylic acids is 1. The SMILES string of the molecule is Cc1cccc(N(C(=O)CC2CN(S(=O)(=O)c3cccc(C(F)(F)F)c3)c3cc(NC(=O)O)ccc3O2)S(=O)O)n1. The summed E-state index contributed by atoms with van der Waals surface area (Å²) in [5.74, 6) is -1.24. The molecule has 1 aromatic heterocycles. The molecule has 2 atom stereocenters. The van der Waals surface area contributed by atoms with Crippen molar-refractivity contribution in [3.05, 3.63) is 71.9 Å². The lowest BCUT2D eigenvalue weighted by Gasteiger charge is -2.36. The second kappa shape index (κ2) is 11.3. The monoisotopic (exact) mass is 614 g/mol. The Morgan fingerprint density at radius 3 is 2.51 bits per heavy atom. The smallest absolute Gasteiger partial charge is 0.416 e. The summed E-state index contributed by atoms with van der Waals surface area (Å²) in [6, 6.07) is 11.0. The first-order chi connectivity index (χ1) is 19.2. The standard InChI is InChI=1S/C24H21F3N4O8S2/c1-14-4-2-7-21(28-14)31(40(35)36)22(32)12-17-13-30(19-11-16(29-23(33)34)8-9-20(19)39-17)41(37,38)18-6-3-5-15(10-18)24(25,26)27/h2-11,17,29H,12-13H2,1H3,(H,33,34)(H,35,36). The Hall–Kier alpha value is -4.22. The highest BCUT2D eigenvalue weighted by Crippen LogP contribution is 2.40. The number of nitrogens with one attached hydrogen (secondary N) is 1. The van der Waals surface area contributed by atoms with E-state index >= 15 is 0 Å². The number of aromatic nitrogens is 1. The van der Waals surface area contributed by atoms with Crippen molar-refractivity contribution in [2.24, 2.45) is 0 Å². The highest BCUT2D eigenvalue weighted by Gasteiger charge is 2.39. The van der Waals surface area contributed by atoms with Gasteiger partial charge in [0.25, 0.3) is 21.3 Å². The van der Waals surface area contributed by atoms with E-state index in [1.54, 1.807) is 13.0 Å². The van der Waals surface area contributed by atoms with Crippen LogP contribution in [0.5, 0.6) is 5.75 Å². The molecule has 2 amide bonds. The molecule has 1 aliphatic rings. The number of aryl methyl sites for hydroxylation is 1. The first kappa shape index (κ1) is 29.8. The van der Waals surface area contributed by atoms with E-state index in [-0.39, 0.29) is 22.9 Å². The number of hydrogen-bond acceptors (Lipinski definition) is 7. The van der Waals surface area contributed by atoms with Crippen molar-refractivity contribution < 1.29 is 49.8 Å². The molecule has 2 aromatic carbocycles. The third-order valence-electron chi connectivity index (χ3n) is 5.76. The largest absolute Gasteiger partial charge is 0.486 e. The van der Waals surface area contributed by atoms with Gasteiger partial charge in [-0.25, -0.2) is 22.4 Å². The summed E-state index contributed by atoms with van der Waals surface area (Å²) in [4.78, 5) is 27.6. The highest BCUT2D eigenvalue weighted by atomic mass is 32.2. The summed E-state index contributed by atoms with van der Waals surface area (Å²) >= 11 is -2.85. The van der Waals surface area contributed by atoms with E-state index in [2.05, 4.69) is 10.3 Å². The van der Waals surface area contributed by atoms with Crippen molar-refractivity contribution in [1.29, 1.82) is 0 Å². The molecule has 2 unspecified atom stereocenters. The molecule has 0 fully saturated rings. The number of benzene rings is 2. The van der Waals surface area contributed by atoms with Crippen molar-refractivity contribution >= 4 is 50.5 Å². The van der Waals surface area contributed by atoms with Crippen molar-refractivity contribution in [3.8, 4) is 5.75 Å². The van der Waals surface area contributed by atoms with Crippen LogP contribution in [0.2, 0.25) is 0 Å². The van der Waals surface area contributed by atoms with Crippen LogP contribution in [0.15, 0.2) is 65.6 Å². The molecule has 12 nitrogen and oxygen atoms in total. The first-order valence-electron chi connectivity index (χ1n) is 11.5. The molecule has 3 aromatic rings. The number of halogens is 3. The minimum Gasteiger partial charge on any atom is -0.486 e. The maximum absolute atomic E-state index is 13.7. The van der Waals surface area contributed by atoms with Crippen molar-refractivity contribution in [1.82, 2.24) is 4.98 Å². The van der Waals surface area contributed by atoms with E-state index in [4.69, 9.17) is 9.84 Å². The Balaban J connectivity index is 1.74. The molecule has 0 aliphatic carbocycles. The second-order valence-corrected chi connectivity index (χ2v) is 11.4. The van der Waals surface area contributed by atoms with Crippen LogP contribution in [-0.2, 0) is 32.3 Å². The van der Waals surface area contributed by atoms with Crippen molar-refractivity contribution in [3.63, 3.8) is 0 Å². The Kier molecular flexibility index (Phi) is 8.23. The third kappa shape index (κ3) is 6.58. The van der Waals surface area contributed by atoms with Gasteiger partial charge in [0.1, 0.15) is 17.7 Å². The van der Waals surface area contributed by atoms with Crippen LogP contribution < -0.4 is 18.7 Å². The van der Waals surface area contributed by atoms with Gasteiger partial charge in [-0.15, -0.1) is 0 Å². The van der Waals surface area contributed by atoms with E-state index in [9.17, 15) is 39.9 Å². The number of fused-ring (bicyclic) bond motifs is 1. The molecule has 2 heterocycles. The van der Waals surface area contributed by atoms with Gasteiger partial charge in [-0.2, -0.15) is 17.5 Å². The van der Waals surface area contributed by atoms with Crippen molar-refractivity contribution in [2.45, 2.75) is 30.5 Å². The number of pyridine rings is 1. The number of carbonyl (C=O) groups is 2. The minimum atomic E-state index is -4.84. The average molecular weight is 615 g/mol. The average Bonchev–Trinajstić information content (AvgIpc) is 2.87. The van der Waals surface area contributed by atoms with Gasteiger partial charge >= 0.3 is 12.3 Å². The van der Waals surface area contributed by atoms with Crippen LogP contribution in [0.4, 0.5) is 35.2 Å². The lowest BCUT2D eigenvalue weighted by Crippen LogP contribution is -2.46. The summed E-state index contributed by atoms with van der Waals surface area (Å²) in [7, 11) is -4.74. The van der Waals surface area contributed by atoms with E-state index in [1.165, 1.54) is 24.3 Å². The van der Waals surface area contributed by atoms with Gasteiger partial charge in [-0.3, -0.25) is 19.0 Å². The van der Waals surface area contributed by atoms with Crippen LogP contribution >= 0.6 is 0 Å². The van der Waals surface area contributed by atoms with Crippen LogP contribution in [0.3, 0.4) is 0 Å². The van der Waals surface area contributed by atoms with Crippen LogP contribution in [0.1, 0.15) is 17.7 Å². The Morgan fingerprint density at radius 2 is 1.88 bits per heavy atom. The number of hydrogen-bond donors (Lipinski definition) is 3. The predicted molar refractivity (Wildman–Crippen MR) is 140 cm³/mol. The molecule has 1 aliphatic heterocycles. The summed E-state index contributed by atoms with van der Waals surface area (Å²) in [5, 5.41) is 11.1. The Labute approximate surface area is 233 Å². The number of anilines is 3. The quantitative estimate of drug-likeness (QED) is 0.333. The topological polar surface area (TPSA) is 166 Å². The molecule has 4 rings (SSSR count). The number of nitrogens with zero attached hydrogens (tertiary/aromatic N) is 3. The molecule has 41 heavy (non-hydrogen) atoms. The van der Waals surface area contributed by atoms with Gasteiger partial charge in [-0.1, -0.05) is 12.1 Å². The molecule has 3 N–H and O–H groups in total. The maximum atomic E-state index is 13.7. The fraction of sp³-hybridized carbons (Fsp3) is 0.208. The number of carboxylic acid groups (broad SMARTS) is 1. The fourth-order valence-electron chi connectivity index (χ4n) is 4.02. The first-order valence-corrected chi connectivity index (χ1v) is 14.1. The molecule has 0 bridgehead atoms. The zero-order valence-corrected chi connectivity index (χ0v) is 22.5. The zero-order valence-electron chi connectivity index (χ0n) is 20.9. The minimum absolute atomic E-state index is 0.0639. The van der Waals surface area contributed by atoms with Crippen LogP contribution in [0, 0.1) is 6.92 Å². The summed E-state index contributed by atoms with van der Waals surface area (Å²) in [5.41, 5.74) is -1.05. The number of amides is 2. The lowest BCUT2D eigenvalue weighted by atomic mass is 10.1. The van der Waals surface area contributed by atoms with Gasteiger partial charge < -0.3 is 9.84 Å². The number of ether oxygens (including phenoxy) is 1. The summed E-state index contributed by atoms with van der Waals surface area (Å²) in [6.07, 6.45) is -8.20. The molecule has 218 valence electrons. The van der Waals surface area contributed by atoms with Gasteiger partial charge in [0.15, 0.2) is 0 Å². The number of rotatable bonds is 7. The van der Waals surface area contributed by atoms with E-state index in [0.29, 0.717) is 26.4 Å². The normalized spacial score (nSPS) is 15.8. The van der Waals surface area contributed by atoms with E-state index in [1.807, 2.05) is 0 Å². The Bertz CT molecular complexity index is 1640. The molecule has 0 radical (unpaired) electrons. The number of alkyl halides is 3. The Morgan fingerprint density at radius 1 is 1.17 bits per heavy atom. The third-order valence-corrected chi connectivity index (χ3v) is 8.24. The molecule has 17 heteroatoms. The molecule has 0 saturated heterocycles. The van der Waals surface area contributed by atoms with Crippen LogP contribution in [0.25, 0.3) is 0 Å². The summed E-state index contributed by atoms with van der Waals surface area (Å²) in [6.45, 7) is 0.985. The van der Waals surface area contributed by atoms with Gasteiger partial charge in [0.2, 0.25) is 5.91 Å². The van der Waals surface area contributed by atoms with Gasteiger partial charge in [0, 0.05) is 11.4 Å². The summed E-state index contributed by atoms with van der Waals surface area (Å²) < 4.78 is 96.1. The van der Waals surface area contributed by atoms with Gasteiger partial charge in [-0.05, 0) is 55.5 Å².